The standard InChI is InChI=1S/C18H27ClN2.2ClH/c1-20-9-11-21(12-10-20)14-18(15-5-2-3-6-15)16-7-4-8-17(19)13-16;;/h4,7-8,13,15,18H,2-3,5-6,9-12,14H2,1H3;2*1H. The van der Waals surface area contributed by atoms with Crippen LogP contribution in [0.15, 0.2) is 24.3 Å². The molecular formula is C18H29Cl3N2. The van der Waals surface area contributed by atoms with Gasteiger partial charge in [0, 0.05) is 37.7 Å². The van der Waals surface area contributed by atoms with E-state index < -0.39 is 0 Å². The number of nitrogens with zero attached hydrogens (tertiary/aromatic N) is 2. The topological polar surface area (TPSA) is 6.48 Å². The minimum atomic E-state index is 0. The third-order valence-electron chi connectivity index (χ3n) is 5.30. The fourth-order valence-corrected chi connectivity index (χ4v) is 4.13. The van der Waals surface area contributed by atoms with Crippen LogP contribution in [0, 0.1) is 5.92 Å². The lowest BCUT2D eigenvalue weighted by Crippen LogP contribution is -2.46. The lowest BCUT2D eigenvalue weighted by atomic mass is 9.84. The molecule has 132 valence electrons. The second kappa shape index (κ2) is 10.1. The van der Waals surface area contributed by atoms with Gasteiger partial charge in [0.2, 0.25) is 0 Å². The van der Waals surface area contributed by atoms with Crippen molar-refractivity contribution in [3.8, 4) is 0 Å². The van der Waals surface area contributed by atoms with Crippen LogP contribution in [-0.2, 0) is 0 Å². The molecule has 1 aliphatic carbocycles. The number of likely N-dealkylation sites (N-methyl/N-ethyl adjacent to an activating group) is 1. The third-order valence-corrected chi connectivity index (χ3v) is 5.53. The molecule has 0 aromatic heterocycles. The Kier molecular flexibility index (Phi) is 9.25. The minimum Gasteiger partial charge on any atom is -0.304 e. The summed E-state index contributed by atoms with van der Waals surface area (Å²) in [4.78, 5) is 5.09. The summed E-state index contributed by atoms with van der Waals surface area (Å²) < 4.78 is 0. The van der Waals surface area contributed by atoms with E-state index in [0.29, 0.717) is 5.92 Å². The monoisotopic (exact) mass is 378 g/mol. The van der Waals surface area contributed by atoms with Crippen LogP contribution in [0.4, 0.5) is 0 Å². The van der Waals surface area contributed by atoms with Crippen molar-refractivity contribution in [3.63, 3.8) is 0 Å². The van der Waals surface area contributed by atoms with Gasteiger partial charge in [0.15, 0.2) is 0 Å². The van der Waals surface area contributed by atoms with Crippen LogP contribution >= 0.6 is 36.4 Å². The SMILES string of the molecule is CN1CCN(CC(c2cccc(Cl)c2)C2CCCC2)CC1.Cl.Cl. The highest BCUT2D eigenvalue weighted by Gasteiger charge is 2.29. The normalized spacial score (nSPS) is 21.5. The quantitative estimate of drug-likeness (QED) is 0.748. The number of hydrogen-bond donors (Lipinski definition) is 0. The largest absolute Gasteiger partial charge is 0.304 e. The van der Waals surface area contributed by atoms with Gasteiger partial charge in [-0.3, -0.25) is 0 Å². The number of rotatable bonds is 4. The van der Waals surface area contributed by atoms with Gasteiger partial charge in [-0.15, -0.1) is 24.8 Å². The van der Waals surface area contributed by atoms with E-state index >= 15 is 0 Å². The Bertz CT molecular complexity index is 455. The summed E-state index contributed by atoms with van der Waals surface area (Å²) in [6, 6.07) is 8.59. The number of benzene rings is 1. The van der Waals surface area contributed by atoms with E-state index in [9.17, 15) is 0 Å². The summed E-state index contributed by atoms with van der Waals surface area (Å²) in [5.74, 6) is 1.51. The van der Waals surface area contributed by atoms with Crippen LogP contribution in [0.3, 0.4) is 0 Å². The van der Waals surface area contributed by atoms with Gasteiger partial charge in [0.1, 0.15) is 0 Å². The van der Waals surface area contributed by atoms with Crippen LogP contribution in [0.1, 0.15) is 37.2 Å². The van der Waals surface area contributed by atoms with E-state index in [1.54, 1.807) is 0 Å². The average molecular weight is 380 g/mol. The Morgan fingerprint density at radius 3 is 2.35 bits per heavy atom. The zero-order valence-corrected chi connectivity index (χ0v) is 16.3. The molecule has 23 heavy (non-hydrogen) atoms. The Balaban J connectivity index is 0.00000132. The molecule has 1 unspecified atom stereocenters. The first-order chi connectivity index (χ1) is 10.2. The van der Waals surface area contributed by atoms with E-state index in [4.69, 9.17) is 11.6 Å². The molecule has 3 rings (SSSR count). The lowest BCUT2D eigenvalue weighted by molar-refractivity contribution is 0.137. The maximum Gasteiger partial charge on any atom is 0.0408 e. The molecule has 0 N–H and O–H groups in total. The Hall–Kier alpha value is 0.01000. The van der Waals surface area contributed by atoms with Crippen molar-refractivity contribution in [2.75, 3.05) is 39.8 Å². The molecule has 2 fully saturated rings. The highest BCUT2D eigenvalue weighted by atomic mass is 35.5. The Morgan fingerprint density at radius 1 is 1.09 bits per heavy atom. The van der Waals surface area contributed by atoms with E-state index in [2.05, 4.69) is 35.0 Å². The van der Waals surface area contributed by atoms with Crippen LogP contribution in [0.5, 0.6) is 0 Å². The van der Waals surface area contributed by atoms with Gasteiger partial charge in [0.05, 0.1) is 0 Å². The van der Waals surface area contributed by atoms with Crippen LogP contribution in [0.25, 0.3) is 0 Å². The molecule has 1 atom stereocenters. The molecule has 0 amide bonds. The zero-order valence-electron chi connectivity index (χ0n) is 13.9. The van der Waals surface area contributed by atoms with Gasteiger partial charge in [-0.2, -0.15) is 0 Å². The predicted octanol–water partition coefficient (Wildman–Crippen LogP) is 4.70. The fourth-order valence-electron chi connectivity index (χ4n) is 3.93. The summed E-state index contributed by atoms with van der Waals surface area (Å²) in [6.07, 6.45) is 5.60. The Labute approximate surface area is 158 Å². The molecule has 0 bridgehead atoms. The summed E-state index contributed by atoms with van der Waals surface area (Å²) in [5, 5.41) is 0.883. The maximum absolute atomic E-state index is 6.24. The van der Waals surface area contributed by atoms with E-state index in [1.807, 2.05) is 6.07 Å². The van der Waals surface area contributed by atoms with Crippen molar-refractivity contribution in [3.05, 3.63) is 34.9 Å². The molecule has 1 heterocycles. The molecule has 0 spiro atoms. The van der Waals surface area contributed by atoms with Crippen molar-refractivity contribution < 1.29 is 0 Å². The number of piperazine rings is 1. The average Bonchev–Trinajstić information content (AvgIpc) is 3.00. The molecule has 1 aromatic rings. The molecule has 1 aromatic carbocycles. The van der Waals surface area contributed by atoms with Crippen molar-refractivity contribution in [2.45, 2.75) is 31.6 Å². The van der Waals surface area contributed by atoms with Crippen molar-refractivity contribution in [1.29, 1.82) is 0 Å². The summed E-state index contributed by atoms with van der Waals surface area (Å²) in [7, 11) is 2.22. The zero-order chi connectivity index (χ0) is 14.7. The molecule has 1 saturated heterocycles. The van der Waals surface area contributed by atoms with Crippen molar-refractivity contribution >= 4 is 36.4 Å². The first-order valence-corrected chi connectivity index (χ1v) is 8.76. The van der Waals surface area contributed by atoms with Crippen LogP contribution in [-0.4, -0.2) is 49.6 Å². The molecule has 1 aliphatic heterocycles. The van der Waals surface area contributed by atoms with Crippen LogP contribution in [0.2, 0.25) is 5.02 Å². The Morgan fingerprint density at radius 2 is 1.74 bits per heavy atom. The van der Waals surface area contributed by atoms with E-state index in [-0.39, 0.29) is 24.8 Å². The van der Waals surface area contributed by atoms with Gasteiger partial charge in [-0.25, -0.2) is 0 Å². The summed E-state index contributed by atoms with van der Waals surface area (Å²) >= 11 is 6.24. The van der Waals surface area contributed by atoms with Crippen LogP contribution < -0.4 is 0 Å². The molecule has 2 nitrogen and oxygen atoms in total. The maximum atomic E-state index is 6.24. The van der Waals surface area contributed by atoms with E-state index in [0.717, 1.165) is 10.9 Å². The highest BCUT2D eigenvalue weighted by molar-refractivity contribution is 6.30. The van der Waals surface area contributed by atoms with Gasteiger partial charge >= 0.3 is 0 Å². The molecule has 1 saturated carbocycles. The first-order valence-electron chi connectivity index (χ1n) is 8.39. The number of halogens is 3. The van der Waals surface area contributed by atoms with Gasteiger partial charge in [-0.05, 0) is 49.4 Å². The van der Waals surface area contributed by atoms with Crippen molar-refractivity contribution in [1.82, 2.24) is 9.80 Å². The molecule has 0 radical (unpaired) electrons. The molecule has 2 aliphatic rings. The molecule has 5 heteroatoms. The highest BCUT2D eigenvalue weighted by Crippen LogP contribution is 2.38. The first kappa shape index (κ1) is 21.1. The summed E-state index contributed by atoms with van der Waals surface area (Å²) in [5.41, 5.74) is 1.45. The fraction of sp³-hybridized carbons (Fsp3) is 0.667. The predicted molar refractivity (Wildman–Crippen MR) is 105 cm³/mol. The second-order valence-electron chi connectivity index (χ2n) is 6.81. The van der Waals surface area contributed by atoms with Gasteiger partial charge in [0.25, 0.3) is 0 Å². The van der Waals surface area contributed by atoms with E-state index in [1.165, 1.54) is 64.0 Å². The lowest BCUT2D eigenvalue weighted by Gasteiger charge is -2.36. The smallest absolute Gasteiger partial charge is 0.0408 e. The second-order valence-corrected chi connectivity index (χ2v) is 7.25. The van der Waals surface area contributed by atoms with Gasteiger partial charge in [-0.1, -0.05) is 36.6 Å². The van der Waals surface area contributed by atoms with Gasteiger partial charge < -0.3 is 9.80 Å². The third kappa shape index (κ3) is 5.79. The summed E-state index contributed by atoms with van der Waals surface area (Å²) in [6.45, 7) is 6.03. The molecular weight excluding hydrogens is 351 g/mol. The minimum absolute atomic E-state index is 0. The number of hydrogen-bond acceptors (Lipinski definition) is 2. The van der Waals surface area contributed by atoms with Crippen molar-refractivity contribution in [2.24, 2.45) is 5.92 Å².